The Labute approximate surface area is 196 Å². The van der Waals surface area contributed by atoms with E-state index in [-0.39, 0.29) is 36.1 Å². The van der Waals surface area contributed by atoms with Crippen LogP contribution >= 0.6 is 24.0 Å². The van der Waals surface area contributed by atoms with E-state index in [4.69, 9.17) is 14.1 Å². The normalized spacial score (nSPS) is 23.5. The average Bonchev–Trinajstić information content (AvgIpc) is 3.35. The van der Waals surface area contributed by atoms with E-state index in [1.807, 2.05) is 39.0 Å². The van der Waals surface area contributed by atoms with Gasteiger partial charge in [0.25, 0.3) is 0 Å². The monoisotopic (exact) mass is 530 g/mol. The number of furan rings is 1. The molecule has 2 fully saturated rings. The number of nitrogens with zero attached hydrogens (tertiary/aromatic N) is 2. The molecule has 1 saturated carbocycles. The molecule has 1 saturated heterocycles. The van der Waals surface area contributed by atoms with Crippen LogP contribution in [0.4, 0.5) is 4.79 Å². The van der Waals surface area contributed by atoms with Gasteiger partial charge in [-0.3, -0.25) is 4.99 Å². The summed E-state index contributed by atoms with van der Waals surface area (Å²) in [6, 6.07) is 4.03. The standard InChI is InChI=1S/C22H34N4O3.HI/c1-5-11-23-20(24-12-10-17-7-6-13-28-17)26-14-16-8-9-19(18(16)15-26)25-21(27)29-22(2,3)4;/h5-7,13,16,18-19H,1,8-12,14-15H2,2-4H3,(H,23,24)(H,25,27);1H. The Bertz CT molecular complexity index is 714. The van der Waals surface area contributed by atoms with E-state index < -0.39 is 5.60 Å². The second-order valence-corrected chi connectivity index (χ2v) is 8.86. The van der Waals surface area contributed by atoms with Crippen LogP contribution in [0.25, 0.3) is 0 Å². The third kappa shape index (κ3) is 6.92. The summed E-state index contributed by atoms with van der Waals surface area (Å²) in [5.74, 6) is 2.83. The average molecular weight is 530 g/mol. The number of amides is 1. The summed E-state index contributed by atoms with van der Waals surface area (Å²) in [7, 11) is 0. The van der Waals surface area contributed by atoms with Gasteiger partial charge in [-0.15, -0.1) is 30.6 Å². The second kappa shape index (κ2) is 11.1. The summed E-state index contributed by atoms with van der Waals surface area (Å²) < 4.78 is 10.8. The van der Waals surface area contributed by atoms with Crippen LogP contribution in [0.15, 0.2) is 40.5 Å². The predicted molar refractivity (Wildman–Crippen MR) is 129 cm³/mol. The van der Waals surface area contributed by atoms with Crippen LogP contribution in [0.2, 0.25) is 0 Å². The van der Waals surface area contributed by atoms with Gasteiger partial charge in [-0.05, 0) is 51.7 Å². The van der Waals surface area contributed by atoms with Gasteiger partial charge in [0.05, 0.1) is 6.26 Å². The highest BCUT2D eigenvalue weighted by molar-refractivity contribution is 14.0. The second-order valence-electron chi connectivity index (χ2n) is 8.86. The zero-order chi connectivity index (χ0) is 20.9. The van der Waals surface area contributed by atoms with Crippen molar-refractivity contribution < 1.29 is 13.9 Å². The summed E-state index contributed by atoms with van der Waals surface area (Å²) in [5.41, 5.74) is -0.480. The SMILES string of the molecule is C=CCNC(=NCCc1ccco1)N1CC2CCC(NC(=O)OC(C)(C)C)C2C1.I. The highest BCUT2D eigenvalue weighted by Crippen LogP contribution is 2.38. The Kier molecular flexibility index (Phi) is 9.06. The van der Waals surface area contributed by atoms with Gasteiger partial charge >= 0.3 is 6.09 Å². The van der Waals surface area contributed by atoms with Crippen LogP contribution in [0.3, 0.4) is 0 Å². The molecule has 1 aliphatic carbocycles. The smallest absolute Gasteiger partial charge is 0.407 e. The number of fused-ring (bicyclic) bond motifs is 1. The molecule has 1 aliphatic heterocycles. The third-order valence-electron chi connectivity index (χ3n) is 5.46. The Morgan fingerprint density at radius 2 is 2.20 bits per heavy atom. The molecule has 2 heterocycles. The summed E-state index contributed by atoms with van der Waals surface area (Å²) >= 11 is 0. The van der Waals surface area contributed by atoms with E-state index >= 15 is 0 Å². The Hall–Kier alpha value is -1.71. The first-order valence-electron chi connectivity index (χ1n) is 10.5. The first-order valence-corrected chi connectivity index (χ1v) is 10.5. The number of likely N-dealkylation sites (tertiary alicyclic amines) is 1. The van der Waals surface area contributed by atoms with Crippen molar-refractivity contribution in [1.82, 2.24) is 15.5 Å². The maximum atomic E-state index is 12.2. The molecule has 0 radical (unpaired) electrons. The van der Waals surface area contributed by atoms with Crippen molar-refractivity contribution in [2.75, 3.05) is 26.2 Å². The summed E-state index contributed by atoms with van der Waals surface area (Å²) in [6.07, 6.45) is 6.10. The molecule has 168 valence electrons. The highest BCUT2D eigenvalue weighted by atomic mass is 127. The van der Waals surface area contributed by atoms with Gasteiger partial charge in [0.2, 0.25) is 0 Å². The predicted octanol–water partition coefficient (Wildman–Crippen LogP) is 3.81. The van der Waals surface area contributed by atoms with E-state index in [0.717, 1.165) is 44.1 Å². The van der Waals surface area contributed by atoms with Gasteiger partial charge in [0.1, 0.15) is 11.4 Å². The lowest BCUT2D eigenvalue weighted by molar-refractivity contribution is 0.0492. The zero-order valence-corrected chi connectivity index (χ0v) is 20.6. The number of hydrogen-bond acceptors (Lipinski definition) is 4. The topological polar surface area (TPSA) is 79.1 Å². The Morgan fingerprint density at radius 1 is 1.40 bits per heavy atom. The number of hydrogen-bond donors (Lipinski definition) is 2. The molecule has 3 rings (SSSR count). The van der Waals surface area contributed by atoms with Crippen molar-refractivity contribution in [3.63, 3.8) is 0 Å². The number of carbonyl (C=O) groups is 1. The van der Waals surface area contributed by atoms with Crippen molar-refractivity contribution in [3.8, 4) is 0 Å². The fourth-order valence-corrected chi connectivity index (χ4v) is 4.23. The molecular formula is C22H35IN4O3. The summed E-state index contributed by atoms with van der Waals surface area (Å²) in [6.45, 7) is 12.6. The van der Waals surface area contributed by atoms with Crippen LogP contribution in [0.5, 0.6) is 0 Å². The number of alkyl carbamates (subject to hydrolysis) is 1. The lowest BCUT2D eigenvalue weighted by Crippen LogP contribution is -2.44. The molecule has 2 N–H and O–H groups in total. The minimum absolute atomic E-state index is 0. The van der Waals surface area contributed by atoms with Gasteiger partial charge in [-0.25, -0.2) is 4.79 Å². The molecule has 1 aromatic rings. The van der Waals surface area contributed by atoms with Gasteiger partial charge in [-0.2, -0.15) is 0 Å². The van der Waals surface area contributed by atoms with Crippen LogP contribution < -0.4 is 10.6 Å². The van der Waals surface area contributed by atoms with Gasteiger partial charge < -0.3 is 24.7 Å². The van der Waals surface area contributed by atoms with Gasteiger partial charge in [0.15, 0.2) is 5.96 Å². The van der Waals surface area contributed by atoms with E-state index in [0.29, 0.717) is 24.9 Å². The Balaban J connectivity index is 0.00000320. The number of nitrogens with one attached hydrogen (secondary N) is 2. The third-order valence-corrected chi connectivity index (χ3v) is 5.46. The molecular weight excluding hydrogens is 495 g/mol. The van der Waals surface area contributed by atoms with Crippen molar-refractivity contribution in [2.24, 2.45) is 16.8 Å². The van der Waals surface area contributed by atoms with E-state index in [1.165, 1.54) is 0 Å². The highest BCUT2D eigenvalue weighted by Gasteiger charge is 2.44. The first-order chi connectivity index (χ1) is 13.9. The lowest BCUT2D eigenvalue weighted by Gasteiger charge is -2.26. The van der Waals surface area contributed by atoms with E-state index in [9.17, 15) is 4.79 Å². The van der Waals surface area contributed by atoms with E-state index in [2.05, 4.69) is 22.1 Å². The lowest BCUT2D eigenvalue weighted by atomic mass is 9.98. The summed E-state index contributed by atoms with van der Waals surface area (Å²) in [4.78, 5) is 19.3. The number of ether oxygens (including phenoxy) is 1. The minimum atomic E-state index is -0.480. The largest absolute Gasteiger partial charge is 0.469 e. The molecule has 7 nitrogen and oxygen atoms in total. The number of aliphatic imine (C=N–C) groups is 1. The van der Waals surface area contributed by atoms with Gasteiger partial charge in [0, 0.05) is 44.6 Å². The number of carbonyl (C=O) groups excluding carboxylic acids is 1. The zero-order valence-electron chi connectivity index (χ0n) is 18.2. The van der Waals surface area contributed by atoms with Crippen LogP contribution in [-0.2, 0) is 11.2 Å². The molecule has 0 bridgehead atoms. The molecule has 0 aromatic carbocycles. The Morgan fingerprint density at radius 3 is 2.87 bits per heavy atom. The number of halogens is 1. The maximum Gasteiger partial charge on any atom is 0.407 e. The van der Waals surface area contributed by atoms with Crippen LogP contribution in [0, 0.1) is 11.8 Å². The van der Waals surface area contributed by atoms with Crippen LogP contribution in [0.1, 0.15) is 39.4 Å². The number of guanidine groups is 1. The van der Waals surface area contributed by atoms with Crippen molar-refractivity contribution in [2.45, 2.75) is 51.7 Å². The first kappa shape index (κ1) is 24.6. The quantitative estimate of drug-likeness (QED) is 0.253. The fraction of sp³-hybridized carbons (Fsp3) is 0.636. The molecule has 3 atom stereocenters. The number of rotatable bonds is 6. The fourth-order valence-electron chi connectivity index (χ4n) is 4.23. The van der Waals surface area contributed by atoms with Crippen molar-refractivity contribution in [1.29, 1.82) is 0 Å². The summed E-state index contributed by atoms with van der Waals surface area (Å²) in [5, 5.41) is 6.48. The molecule has 3 unspecified atom stereocenters. The molecule has 2 aliphatic rings. The van der Waals surface area contributed by atoms with Crippen molar-refractivity contribution in [3.05, 3.63) is 36.8 Å². The maximum absolute atomic E-state index is 12.2. The molecule has 0 spiro atoms. The molecule has 1 amide bonds. The molecule has 30 heavy (non-hydrogen) atoms. The van der Waals surface area contributed by atoms with Gasteiger partial charge in [-0.1, -0.05) is 6.08 Å². The van der Waals surface area contributed by atoms with Crippen molar-refractivity contribution >= 4 is 36.0 Å². The van der Waals surface area contributed by atoms with E-state index in [1.54, 1.807) is 6.26 Å². The minimum Gasteiger partial charge on any atom is -0.469 e. The molecule has 8 heteroatoms. The van der Waals surface area contributed by atoms with Crippen LogP contribution in [-0.4, -0.2) is 54.8 Å². The molecule has 1 aromatic heterocycles.